The summed E-state index contributed by atoms with van der Waals surface area (Å²) in [6.07, 6.45) is 3.35. The summed E-state index contributed by atoms with van der Waals surface area (Å²) in [7, 11) is 1.58. The van der Waals surface area contributed by atoms with E-state index in [2.05, 4.69) is 22.5 Å². The largest absolute Gasteiger partial charge is 0.381 e. The van der Waals surface area contributed by atoms with Gasteiger partial charge in [0.05, 0.1) is 11.9 Å². The normalized spacial score (nSPS) is 16.8. The van der Waals surface area contributed by atoms with Crippen LogP contribution in [0, 0.1) is 0 Å². The van der Waals surface area contributed by atoms with E-state index in [0.717, 1.165) is 12.8 Å². The molecule has 1 N–H and O–H groups in total. The highest BCUT2D eigenvalue weighted by atomic mass is 35.5. The van der Waals surface area contributed by atoms with E-state index in [1.165, 1.54) is 10.2 Å². The van der Waals surface area contributed by atoms with E-state index in [9.17, 15) is 4.79 Å². The Morgan fingerprint density at radius 3 is 2.58 bits per heavy atom. The van der Waals surface area contributed by atoms with Gasteiger partial charge >= 0.3 is 0 Å². The Morgan fingerprint density at radius 1 is 1.25 bits per heavy atom. The van der Waals surface area contributed by atoms with Crippen LogP contribution in [0.2, 0.25) is 10.0 Å². The van der Waals surface area contributed by atoms with Gasteiger partial charge in [0.2, 0.25) is 0 Å². The maximum atomic E-state index is 11.9. The van der Waals surface area contributed by atoms with E-state index in [-0.39, 0.29) is 16.0 Å². The zero-order chi connectivity index (χ0) is 17.2. The number of benzene rings is 1. The molecule has 0 unspecified atom stereocenters. The number of nitrogens with zero attached hydrogens (tertiary/aromatic N) is 2. The van der Waals surface area contributed by atoms with Crippen molar-refractivity contribution in [3.05, 3.63) is 56.4 Å². The van der Waals surface area contributed by atoms with Crippen molar-refractivity contribution in [1.82, 2.24) is 9.78 Å². The first kappa shape index (κ1) is 17.3. The molecule has 0 atom stereocenters. The summed E-state index contributed by atoms with van der Waals surface area (Å²) >= 11 is 12.2. The lowest BCUT2D eigenvalue weighted by atomic mass is 9.74. The number of anilines is 1. The van der Waals surface area contributed by atoms with Crippen LogP contribution in [0.3, 0.4) is 0 Å². The van der Waals surface area contributed by atoms with Crippen LogP contribution >= 0.6 is 23.2 Å². The summed E-state index contributed by atoms with van der Waals surface area (Å²) in [6, 6.07) is 7.92. The fourth-order valence-corrected chi connectivity index (χ4v) is 3.40. The molecular formula is C17H19Cl2N3O2. The molecule has 2 heterocycles. The molecule has 0 aliphatic carbocycles. The zero-order valence-corrected chi connectivity index (χ0v) is 14.9. The van der Waals surface area contributed by atoms with E-state index < -0.39 is 0 Å². The summed E-state index contributed by atoms with van der Waals surface area (Å²) in [4.78, 5) is 11.9. The maximum absolute atomic E-state index is 11.9. The van der Waals surface area contributed by atoms with E-state index in [0.29, 0.717) is 30.5 Å². The van der Waals surface area contributed by atoms with Gasteiger partial charge in [-0.3, -0.25) is 4.79 Å². The second-order valence-corrected chi connectivity index (χ2v) is 6.87. The summed E-state index contributed by atoms with van der Waals surface area (Å²) < 4.78 is 6.75. The summed E-state index contributed by atoms with van der Waals surface area (Å²) in [5.74, 6) is 0. The first-order valence-electron chi connectivity index (χ1n) is 7.81. The van der Waals surface area contributed by atoms with Gasteiger partial charge in [-0.25, -0.2) is 4.68 Å². The number of aromatic nitrogens is 2. The molecule has 1 aliphatic heterocycles. The van der Waals surface area contributed by atoms with Gasteiger partial charge in [0, 0.05) is 37.2 Å². The van der Waals surface area contributed by atoms with Gasteiger partial charge in [-0.1, -0.05) is 35.3 Å². The van der Waals surface area contributed by atoms with Crippen LogP contribution in [0.1, 0.15) is 18.4 Å². The Balaban J connectivity index is 1.87. The van der Waals surface area contributed by atoms with Crippen LogP contribution in [0.5, 0.6) is 0 Å². The van der Waals surface area contributed by atoms with Gasteiger partial charge in [0.1, 0.15) is 5.02 Å². The highest BCUT2D eigenvalue weighted by Crippen LogP contribution is 2.36. The Bertz CT molecular complexity index is 768. The third kappa shape index (κ3) is 3.43. The average Bonchev–Trinajstić information content (AvgIpc) is 2.60. The molecule has 3 rings (SSSR count). The number of nitrogens with one attached hydrogen (secondary N) is 1. The Hall–Kier alpha value is -1.56. The molecule has 0 spiro atoms. The minimum atomic E-state index is -0.311. The van der Waals surface area contributed by atoms with E-state index in [1.807, 2.05) is 12.1 Å². The summed E-state index contributed by atoms with van der Waals surface area (Å²) in [5, 5.41) is 8.21. The van der Waals surface area contributed by atoms with E-state index >= 15 is 0 Å². The molecule has 2 aromatic rings. The van der Waals surface area contributed by atoms with Gasteiger partial charge in [-0.05, 0) is 30.5 Å². The number of ether oxygens (including phenoxy) is 1. The topological polar surface area (TPSA) is 56.1 Å². The zero-order valence-electron chi connectivity index (χ0n) is 13.4. The number of hydrogen-bond donors (Lipinski definition) is 1. The minimum Gasteiger partial charge on any atom is -0.381 e. The van der Waals surface area contributed by atoms with Crippen LogP contribution in [0.15, 0.2) is 35.3 Å². The van der Waals surface area contributed by atoms with Gasteiger partial charge in [0.15, 0.2) is 0 Å². The standard InChI is InChI=1S/C17H19Cl2N3O2/c1-22-16(23)15(19)14(10-21-22)20-11-17(6-8-24-9-7-17)12-2-4-13(18)5-3-12/h2-5,10,20H,6-9,11H2,1H3. The number of halogens is 2. The Morgan fingerprint density at radius 2 is 1.92 bits per heavy atom. The van der Waals surface area contributed by atoms with Crippen molar-refractivity contribution >= 4 is 28.9 Å². The lowest BCUT2D eigenvalue weighted by Gasteiger charge is -2.38. The highest BCUT2D eigenvalue weighted by Gasteiger charge is 2.34. The smallest absolute Gasteiger partial charge is 0.287 e. The minimum absolute atomic E-state index is 0.0900. The van der Waals surface area contributed by atoms with E-state index in [1.54, 1.807) is 13.2 Å². The van der Waals surface area contributed by atoms with Gasteiger partial charge in [-0.2, -0.15) is 5.10 Å². The predicted octanol–water partition coefficient (Wildman–Crippen LogP) is 3.25. The SMILES string of the molecule is Cn1ncc(NCC2(c3ccc(Cl)cc3)CCOCC2)c(Cl)c1=O. The fraction of sp³-hybridized carbons (Fsp3) is 0.412. The van der Waals surface area contributed by atoms with Crippen molar-refractivity contribution in [3.8, 4) is 0 Å². The van der Waals surface area contributed by atoms with Crippen molar-refractivity contribution in [2.24, 2.45) is 7.05 Å². The molecule has 0 saturated carbocycles. The van der Waals surface area contributed by atoms with Crippen molar-refractivity contribution in [3.63, 3.8) is 0 Å². The Labute approximate surface area is 150 Å². The second kappa shape index (κ2) is 7.13. The van der Waals surface area contributed by atoms with Crippen LogP contribution in [0.25, 0.3) is 0 Å². The Kier molecular flexibility index (Phi) is 5.13. The first-order valence-corrected chi connectivity index (χ1v) is 8.57. The molecule has 5 nitrogen and oxygen atoms in total. The molecule has 1 fully saturated rings. The third-order valence-corrected chi connectivity index (χ3v) is 5.22. The second-order valence-electron chi connectivity index (χ2n) is 6.05. The van der Waals surface area contributed by atoms with Crippen molar-refractivity contribution in [1.29, 1.82) is 0 Å². The fourth-order valence-electron chi connectivity index (χ4n) is 3.03. The molecule has 1 aromatic heterocycles. The van der Waals surface area contributed by atoms with E-state index in [4.69, 9.17) is 27.9 Å². The highest BCUT2D eigenvalue weighted by molar-refractivity contribution is 6.33. The molecule has 24 heavy (non-hydrogen) atoms. The van der Waals surface area contributed by atoms with Gasteiger partial charge in [-0.15, -0.1) is 0 Å². The first-order chi connectivity index (χ1) is 11.5. The average molecular weight is 368 g/mol. The maximum Gasteiger partial charge on any atom is 0.287 e. The van der Waals surface area contributed by atoms with Crippen molar-refractivity contribution < 1.29 is 4.74 Å². The van der Waals surface area contributed by atoms with Crippen molar-refractivity contribution in [2.45, 2.75) is 18.3 Å². The summed E-state index contributed by atoms with van der Waals surface area (Å²) in [6.45, 7) is 2.05. The molecule has 1 saturated heterocycles. The van der Waals surface area contributed by atoms with Crippen LogP contribution in [0.4, 0.5) is 5.69 Å². The van der Waals surface area contributed by atoms with Crippen LogP contribution in [-0.2, 0) is 17.2 Å². The number of aryl methyl sites for hydroxylation is 1. The third-order valence-electron chi connectivity index (χ3n) is 4.60. The molecule has 0 amide bonds. The lowest BCUT2D eigenvalue weighted by molar-refractivity contribution is 0.0544. The van der Waals surface area contributed by atoms with Gasteiger partial charge < -0.3 is 10.1 Å². The lowest BCUT2D eigenvalue weighted by Crippen LogP contribution is -2.40. The molecule has 0 bridgehead atoms. The number of hydrogen-bond acceptors (Lipinski definition) is 4. The molecule has 1 aromatic carbocycles. The van der Waals surface area contributed by atoms with Crippen LogP contribution < -0.4 is 10.9 Å². The number of rotatable bonds is 4. The molecular weight excluding hydrogens is 349 g/mol. The monoisotopic (exact) mass is 367 g/mol. The molecule has 1 aliphatic rings. The molecule has 7 heteroatoms. The predicted molar refractivity (Wildman–Crippen MR) is 96.2 cm³/mol. The molecule has 128 valence electrons. The van der Waals surface area contributed by atoms with Crippen molar-refractivity contribution in [2.75, 3.05) is 25.1 Å². The van der Waals surface area contributed by atoms with Gasteiger partial charge in [0.25, 0.3) is 5.56 Å². The van der Waals surface area contributed by atoms with Crippen LogP contribution in [-0.4, -0.2) is 29.5 Å². The quantitative estimate of drug-likeness (QED) is 0.900. The molecule has 0 radical (unpaired) electrons. The summed E-state index contributed by atoms with van der Waals surface area (Å²) in [5.41, 5.74) is 1.36.